The molecule has 0 aromatic heterocycles. The minimum absolute atomic E-state index is 0.226. The Hall–Kier alpha value is -0.910. The molecule has 0 saturated carbocycles. The molecule has 0 aliphatic carbocycles. The van der Waals surface area contributed by atoms with Crippen LogP contribution < -0.4 is 10.6 Å². The summed E-state index contributed by atoms with van der Waals surface area (Å²) < 4.78 is 0. The van der Waals surface area contributed by atoms with Gasteiger partial charge in [-0.05, 0) is 19.1 Å². The zero-order chi connectivity index (χ0) is 13.3. The van der Waals surface area contributed by atoms with E-state index in [9.17, 15) is 9.59 Å². The number of carbonyl (C=O) groups excluding carboxylic acids is 1. The molecule has 0 bridgehead atoms. The summed E-state index contributed by atoms with van der Waals surface area (Å²) in [5.74, 6) is -1.26. The first-order valence-corrected chi connectivity index (χ1v) is 7.03. The Morgan fingerprint density at radius 3 is 2.18 bits per heavy atom. The Balaban J connectivity index is 3.50. The number of amides is 2. The second kappa shape index (κ2) is 9.15. The number of carbonyl (C=O) groups is 2. The van der Waals surface area contributed by atoms with Crippen LogP contribution in [0.4, 0.5) is 4.79 Å². The lowest BCUT2D eigenvalue weighted by atomic mass is 10.1. The molecule has 0 heterocycles. The lowest BCUT2D eigenvalue weighted by molar-refractivity contribution is -0.141. The van der Waals surface area contributed by atoms with Crippen LogP contribution in [0.1, 0.15) is 26.7 Å². The summed E-state index contributed by atoms with van der Waals surface area (Å²) in [5, 5.41) is 14.6. The highest BCUT2D eigenvalue weighted by Gasteiger charge is 2.10. The first kappa shape index (κ1) is 16.1. The van der Waals surface area contributed by atoms with Crippen molar-refractivity contribution in [1.82, 2.24) is 10.6 Å². The summed E-state index contributed by atoms with van der Waals surface area (Å²) in [5.41, 5.74) is 0. The van der Waals surface area contributed by atoms with Crippen molar-refractivity contribution in [3.63, 3.8) is 0 Å². The number of aliphatic carboxylic acids is 1. The van der Waals surface area contributed by atoms with Gasteiger partial charge in [0.1, 0.15) is 0 Å². The topological polar surface area (TPSA) is 78.4 Å². The summed E-state index contributed by atoms with van der Waals surface area (Å²) in [6.07, 6.45) is 3.42. The second-order valence-corrected chi connectivity index (χ2v) is 5.32. The van der Waals surface area contributed by atoms with E-state index in [0.717, 1.165) is 6.42 Å². The third kappa shape index (κ3) is 8.85. The van der Waals surface area contributed by atoms with E-state index < -0.39 is 11.9 Å². The molecule has 0 aromatic carbocycles. The number of hydrogen-bond donors (Lipinski definition) is 3. The molecule has 0 aromatic rings. The van der Waals surface area contributed by atoms with Crippen LogP contribution in [-0.2, 0) is 4.79 Å². The first-order valence-electron chi connectivity index (χ1n) is 5.74. The van der Waals surface area contributed by atoms with Crippen molar-refractivity contribution in [3.8, 4) is 0 Å². The van der Waals surface area contributed by atoms with Gasteiger partial charge in [-0.3, -0.25) is 4.79 Å². The van der Waals surface area contributed by atoms with Gasteiger partial charge in [-0.2, -0.15) is 11.8 Å². The summed E-state index contributed by atoms with van der Waals surface area (Å²) in [6.45, 7) is 4.76. The van der Waals surface area contributed by atoms with Crippen LogP contribution >= 0.6 is 11.8 Å². The molecular formula is C11H22N2O3S. The van der Waals surface area contributed by atoms with Gasteiger partial charge in [0, 0.05) is 18.3 Å². The number of nitrogens with one attached hydrogen (secondary N) is 2. The lowest BCUT2D eigenvalue weighted by Gasteiger charge is -2.11. The van der Waals surface area contributed by atoms with Crippen LogP contribution in [-0.4, -0.2) is 41.7 Å². The van der Waals surface area contributed by atoms with Crippen LogP contribution in [0, 0.1) is 5.92 Å². The van der Waals surface area contributed by atoms with Crippen molar-refractivity contribution in [1.29, 1.82) is 0 Å². The van der Waals surface area contributed by atoms with Crippen LogP contribution in [0.15, 0.2) is 0 Å². The molecule has 2 atom stereocenters. The second-order valence-electron chi connectivity index (χ2n) is 4.05. The fraction of sp³-hybridized carbons (Fsp3) is 0.818. The fourth-order valence-electron chi connectivity index (χ4n) is 1.09. The predicted octanol–water partition coefficient (Wildman–Crippen LogP) is 1.54. The van der Waals surface area contributed by atoms with Gasteiger partial charge in [-0.25, -0.2) is 4.79 Å². The van der Waals surface area contributed by atoms with Crippen LogP contribution in [0.5, 0.6) is 0 Å². The zero-order valence-corrected chi connectivity index (χ0v) is 11.5. The van der Waals surface area contributed by atoms with Crippen molar-refractivity contribution in [3.05, 3.63) is 0 Å². The smallest absolute Gasteiger partial charge is 0.314 e. The predicted molar refractivity (Wildman–Crippen MR) is 70.4 cm³/mol. The SMILES string of the molecule is CSC(C)CCNC(=O)NCCC(C)C(=O)O. The van der Waals surface area contributed by atoms with Gasteiger partial charge in [0.15, 0.2) is 0 Å². The van der Waals surface area contributed by atoms with Gasteiger partial charge in [0.05, 0.1) is 5.92 Å². The Kier molecular flexibility index (Phi) is 8.66. The van der Waals surface area contributed by atoms with Crippen molar-refractivity contribution >= 4 is 23.8 Å². The normalized spacial score (nSPS) is 13.8. The van der Waals surface area contributed by atoms with Crippen LogP contribution in [0.25, 0.3) is 0 Å². The molecule has 0 aliphatic heterocycles. The highest BCUT2D eigenvalue weighted by Crippen LogP contribution is 2.07. The van der Waals surface area contributed by atoms with E-state index in [0.29, 0.717) is 24.8 Å². The van der Waals surface area contributed by atoms with Crippen molar-refractivity contribution < 1.29 is 14.7 Å². The van der Waals surface area contributed by atoms with Gasteiger partial charge >= 0.3 is 12.0 Å². The average Bonchev–Trinajstić information content (AvgIpc) is 2.28. The molecule has 17 heavy (non-hydrogen) atoms. The maximum absolute atomic E-state index is 11.3. The Bertz CT molecular complexity index is 249. The summed E-state index contributed by atoms with van der Waals surface area (Å²) in [7, 11) is 0. The number of rotatable bonds is 8. The molecule has 100 valence electrons. The highest BCUT2D eigenvalue weighted by molar-refractivity contribution is 7.99. The van der Waals surface area contributed by atoms with Gasteiger partial charge in [-0.15, -0.1) is 0 Å². The standard InChI is InChI=1S/C11H22N2O3S/c1-8(10(14)15)4-6-12-11(16)13-7-5-9(2)17-3/h8-9H,4-7H2,1-3H3,(H,14,15)(H2,12,13,16). The van der Waals surface area contributed by atoms with Crippen LogP contribution in [0.3, 0.4) is 0 Å². The van der Waals surface area contributed by atoms with Gasteiger partial charge in [-0.1, -0.05) is 13.8 Å². The maximum atomic E-state index is 11.3. The molecule has 3 N–H and O–H groups in total. The Morgan fingerprint density at radius 2 is 1.71 bits per heavy atom. The number of hydrogen-bond acceptors (Lipinski definition) is 3. The largest absolute Gasteiger partial charge is 0.481 e. The van der Waals surface area contributed by atoms with Crippen molar-refractivity contribution in [2.75, 3.05) is 19.3 Å². The molecular weight excluding hydrogens is 240 g/mol. The molecule has 0 fully saturated rings. The molecule has 0 rings (SSSR count). The zero-order valence-electron chi connectivity index (χ0n) is 10.7. The number of carboxylic acids is 1. The van der Waals surface area contributed by atoms with E-state index in [2.05, 4.69) is 17.6 Å². The van der Waals surface area contributed by atoms with Crippen molar-refractivity contribution in [2.45, 2.75) is 31.9 Å². The van der Waals surface area contributed by atoms with Gasteiger partial charge in [0.25, 0.3) is 0 Å². The number of thioether (sulfide) groups is 1. The highest BCUT2D eigenvalue weighted by atomic mass is 32.2. The Morgan fingerprint density at radius 1 is 1.18 bits per heavy atom. The molecule has 0 saturated heterocycles. The maximum Gasteiger partial charge on any atom is 0.314 e. The van der Waals surface area contributed by atoms with E-state index in [1.54, 1.807) is 18.7 Å². The quantitative estimate of drug-likeness (QED) is 0.620. The molecule has 5 nitrogen and oxygen atoms in total. The minimum Gasteiger partial charge on any atom is -0.481 e. The molecule has 0 radical (unpaired) electrons. The number of carboxylic acid groups (broad SMARTS) is 1. The van der Waals surface area contributed by atoms with E-state index in [1.807, 2.05) is 6.26 Å². The molecule has 2 unspecified atom stereocenters. The molecule has 6 heteroatoms. The monoisotopic (exact) mass is 262 g/mol. The fourth-order valence-corrected chi connectivity index (χ4v) is 1.45. The summed E-state index contributed by atoms with van der Waals surface area (Å²) >= 11 is 1.76. The van der Waals surface area contributed by atoms with Crippen molar-refractivity contribution in [2.24, 2.45) is 5.92 Å². The first-order chi connectivity index (χ1) is 7.97. The molecule has 2 amide bonds. The summed E-state index contributed by atoms with van der Waals surface area (Å²) in [4.78, 5) is 21.8. The Labute approximate surface area is 107 Å². The van der Waals surface area contributed by atoms with E-state index in [4.69, 9.17) is 5.11 Å². The molecule has 0 aliphatic rings. The number of urea groups is 1. The molecule has 0 spiro atoms. The van der Waals surface area contributed by atoms with Crippen LogP contribution in [0.2, 0.25) is 0 Å². The van der Waals surface area contributed by atoms with Gasteiger partial charge in [0.2, 0.25) is 0 Å². The summed E-state index contributed by atoms with van der Waals surface area (Å²) in [6, 6.07) is -0.226. The third-order valence-corrected chi connectivity index (χ3v) is 3.56. The van der Waals surface area contributed by atoms with E-state index in [-0.39, 0.29) is 6.03 Å². The van der Waals surface area contributed by atoms with Gasteiger partial charge < -0.3 is 15.7 Å². The lowest BCUT2D eigenvalue weighted by Crippen LogP contribution is -2.37. The van der Waals surface area contributed by atoms with E-state index in [1.165, 1.54) is 0 Å². The minimum atomic E-state index is -0.832. The van der Waals surface area contributed by atoms with E-state index >= 15 is 0 Å². The average molecular weight is 262 g/mol. The third-order valence-electron chi connectivity index (χ3n) is 2.52.